The van der Waals surface area contributed by atoms with E-state index < -0.39 is 29.5 Å². The molecule has 0 radical (unpaired) electrons. The van der Waals surface area contributed by atoms with Crippen LogP contribution in [-0.2, 0) is 30.3 Å². The summed E-state index contributed by atoms with van der Waals surface area (Å²) in [5.74, 6) is -1.30. The number of carbonyl (C=O) groups is 4. The monoisotopic (exact) mass is 558 g/mol. The summed E-state index contributed by atoms with van der Waals surface area (Å²) in [5, 5.41) is 3.84. The number of amides is 2. The Bertz CT molecular complexity index is 1360. The molecule has 1 saturated heterocycles. The van der Waals surface area contributed by atoms with Crippen molar-refractivity contribution in [3.63, 3.8) is 0 Å². The Balaban J connectivity index is 1.37. The van der Waals surface area contributed by atoms with Crippen molar-refractivity contribution < 1.29 is 23.9 Å². The summed E-state index contributed by atoms with van der Waals surface area (Å²) < 4.78 is 6.08. The number of carbonyl (C=O) groups excluding carboxylic acids is 4. The van der Waals surface area contributed by atoms with Crippen LogP contribution < -0.4 is 5.32 Å². The Labute approximate surface area is 235 Å². The second-order valence-electron chi connectivity index (χ2n) is 9.13. The van der Waals surface area contributed by atoms with Gasteiger partial charge in [-0.15, -0.1) is 11.8 Å². The van der Waals surface area contributed by atoms with E-state index in [2.05, 4.69) is 5.32 Å². The minimum absolute atomic E-state index is 0.143. The van der Waals surface area contributed by atoms with Gasteiger partial charge in [0.25, 0.3) is 0 Å². The minimum Gasteiger partial charge on any atom is -0.451 e. The van der Waals surface area contributed by atoms with Crippen molar-refractivity contribution in [2.75, 3.05) is 0 Å². The molecule has 39 heavy (non-hydrogen) atoms. The van der Waals surface area contributed by atoms with E-state index >= 15 is 0 Å². The molecule has 7 nitrogen and oxygen atoms in total. The average Bonchev–Trinajstić information content (AvgIpc) is 2.95. The highest BCUT2D eigenvalue weighted by Gasteiger charge is 2.56. The molecular formula is C30H26N2O5S2. The molecule has 2 amide bonds. The quantitative estimate of drug-likeness (QED) is 0.323. The first-order chi connectivity index (χ1) is 18.9. The summed E-state index contributed by atoms with van der Waals surface area (Å²) in [6.45, 7) is 1.41. The fourth-order valence-electron chi connectivity index (χ4n) is 4.62. The van der Waals surface area contributed by atoms with E-state index in [0.29, 0.717) is 4.91 Å². The lowest BCUT2D eigenvalue weighted by atomic mass is 10.00. The Morgan fingerprint density at radius 2 is 1.49 bits per heavy atom. The SMILES string of the molecule is CC(=O)SC1=CS[C@H]2C(NC(=O)Cc3ccccc3)C(=O)N2C1C(=O)OC(c1ccccc1)c1ccccc1. The van der Waals surface area contributed by atoms with E-state index in [9.17, 15) is 19.2 Å². The fourth-order valence-corrected chi connectivity index (χ4v) is 6.74. The number of fused-ring (bicyclic) bond motifs is 1. The van der Waals surface area contributed by atoms with Crippen LogP contribution in [-0.4, -0.2) is 45.3 Å². The van der Waals surface area contributed by atoms with Crippen molar-refractivity contribution in [1.82, 2.24) is 10.2 Å². The lowest BCUT2D eigenvalue weighted by Crippen LogP contribution is -2.74. The van der Waals surface area contributed by atoms with Gasteiger partial charge in [0.15, 0.2) is 17.3 Å². The molecule has 0 spiro atoms. The van der Waals surface area contributed by atoms with Gasteiger partial charge in [-0.05, 0) is 22.1 Å². The molecular weight excluding hydrogens is 532 g/mol. The topological polar surface area (TPSA) is 92.8 Å². The van der Waals surface area contributed by atoms with Crippen LogP contribution in [0.2, 0.25) is 0 Å². The van der Waals surface area contributed by atoms with Crippen LogP contribution >= 0.6 is 23.5 Å². The van der Waals surface area contributed by atoms with Crippen LogP contribution in [0.5, 0.6) is 0 Å². The number of ether oxygens (including phenoxy) is 1. The molecule has 0 aromatic heterocycles. The lowest BCUT2D eigenvalue weighted by Gasteiger charge is -2.51. The van der Waals surface area contributed by atoms with Gasteiger partial charge in [-0.25, -0.2) is 4.79 Å². The summed E-state index contributed by atoms with van der Waals surface area (Å²) in [6.07, 6.45) is -0.556. The smallest absolute Gasteiger partial charge is 0.335 e. The first-order valence-electron chi connectivity index (χ1n) is 12.4. The van der Waals surface area contributed by atoms with Crippen molar-refractivity contribution >= 4 is 46.4 Å². The van der Waals surface area contributed by atoms with Crippen molar-refractivity contribution in [3.8, 4) is 0 Å². The van der Waals surface area contributed by atoms with Gasteiger partial charge in [0.05, 0.1) is 6.42 Å². The normalized spacial score (nSPS) is 19.9. The predicted octanol–water partition coefficient (Wildman–Crippen LogP) is 4.45. The van der Waals surface area contributed by atoms with E-state index in [4.69, 9.17) is 4.74 Å². The molecule has 2 aliphatic heterocycles. The maximum atomic E-state index is 13.8. The molecule has 2 unspecified atom stereocenters. The van der Waals surface area contributed by atoms with Crippen LogP contribution in [0.25, 0.3) is 0 Å². The van der Waals surface area contributed by atoms with Gasteiger partial charge in [0.2, 0.25) is 11.8 Å². The van der Waals surface area contributed by atoms with E-state index in [1.165, 1.54) is 23.6 Å². The summed E-state index contributed by atoms with van der Waals surface area (Å²) in [6, 6.07) is 26.1. The van der Waals surface area contributed by atoms with Crippen LogP contribution in [0.4, 0.5) is 0 Å². The summed E-state index contributed by atoms with van der Waals surface area (Å²) in [7, 11) is 0. The highest BCUT2D eigenvalue weighted by molar-refractivity contribution is 8.17. The average molecular weight is 559 g/mol. The van der Waals surface area contributed by atoms with Crippen LogP contribution in [0, 0.1) is 0 Å². The molecule has 5 rings (SSSR count). The third kappa shape index (κ3) is 5.94. The second kappa shape index (κ2) is 11.9. The lowest BCUT2D eigenvalue weighted by molar-refractivity contribution is -0.165. The van der Waals surface area contributed by atoms with E-state index in [1.54, 1.807) is 5.41 Å². The molecule has 1 fully saturated rings. The third-order valence-electron chi connectivity index (χ3n) is 6.40. The molecule has 9 heteroatoms. The van der Waals surface area contributed by atoms with Crippen molar-refractivity contribution in [3.05, 3.63) is 118 Å². The van der Waals surface area contributed by atoms with Gasteiger partial charge in [-0.1, -0.05) is 103 Å². The van der Waals surface area contributed by atoms with Crippen LogP contribution in [0.15, 0.2) is 101 Å². The highest BCUT2D eigenvalue weighted by atomic mass is 32.2. The Hall–Kier alpha value is -3.82. The Morgan fingerprint density at radius 3 is 2.05 bits per heavy atom. The maximum absolute atomic E-state index is 13.8. The summed E-state index contributed by atoms with van der Waals surface area (Å²) in [4.78, 5) is 53.6. The molecule has 0 saturated carbocycles. The maximum Gasteiger partial charge on any atom is 0.335 e. The Kier molecular flexibility index (Phi) is 8.18. The number of benzene rings is 3. The Morgan fingerprint density at radius 1 is 0.923 bits per heavy atom. The van der Waals surface area contributed by atoms with Gasteiger partial charge in [-0.2, -0.15) is 0 Å². The third-order valence-corrected chi connectivity index (χ3v) is 8.58. The second-order valence-corrected chi connectivity index (χ2v) is 11.4. The van der Waals surface area contributed by atoms with Crippen LogP contribution in [0.1, 0.15) is 29.7 Å². The fraction of sp³-hybridized carbons (Fsp3) is 0.200. The van der Waals surface area contributed by atoms with E-state index in [0.717, 1.165) is 28.5 Å². The zero-order valence-electron chi connectivity index (χ0n) is 21.1. The van der Waals surface area contributed by atoms with Gasteiger partial charge in [0, 0.05) is 11.8 Å². The minimum atomic E-state index is -1.09. The number of rotatable bonds is 8. The number of hydrogen-bond donors (Lipinski definition) is 1. The first-order valence-corrected chi connectivity index (χ1v) is 14.2. The molecule has 0 aliphatic carbocycles. The molecule has 3 aromatic rings. The highest BCUT2D eigenvalue weighted by Crippen LogP contribution is 2.44. The van der Waals surface area contributed by atoms with Gasteiger partial charge in [0.1, 0.15) is 11.4 Å². The molecule has 3 aromatic carbocycles. The number of esters is 1. The van der Waals surface area contributed by atoms with E-state index in [1.807, 2.05) is 91.0 Å². The predicted molar refractivity (Wildman–Crippen MR) is 151 cm³/mol. The van der Waals surface area contributed by atoms with Gasteiger partial charge >= 0.3 is 5.97 Å². The van der Waals surface area contributed by atoms with Crippen molar-refractivity contribution in [2.45, 2.75) is 36.9 Å². The number of nitrogens with zero attached hydrogens (tertiary/aromatic N) is 1. The molecule has 1 N–H and O–H groups in total. The number of nitrogens with one attached hydrogen (secondary N) is 1. The largest absolute Gasteiger partial charge is 0.451 e. The summed E-state index contributed by atoms with van der Waals surface area (Å²) >= 11 is 2.21. The van der Waals surface area contributed by atoms with Gasteiger partial charge < -0.3 is 15.0 Å². The number of thioether (sulfide) groups is 2. The van der Waals surface area contributed by atoms with Gasteiger partial charge in [-0.3, -0.25) is 14.4 Å². The summed E-state index contributed by atoms with van der Waals surface area (Å²) in [5.41, 5.74) is 2.40. The molecule has 3 atom stereocenters. The van der Waals surface area contributed by atoms with E-state index in [-0.39, 0.29) is 23.4 Å². The number of β-lactam (4-membered cyclic amide) rings is 1. The molecule has 0 bridgehead atoms. The molecule has 2 heterocycles. The van der Waals surface area contributed by atoms with Crippen molar-refractivity contribution in [1.29, 1.82) is 0 Å². The van der Waals surface area contributed by atoms with Crippen molar-refractivity contribution in [2.24, 2.45) is 0 Å². The number of hydrogen-bond acceptors (Lipinski definition) is 7. The first kappa shape index (κ1) is 26.8. The standard InChI is InChI=1S/C30H26N2O5S2/c1-19(33)39-23-18-38-29-25(31-24(34)17-20-11-5-2-6-12-20)28(35)32(29)26(23)30(36)37-27(21-13-7-3-8-14-21)22-15-9-4-10-16-22/h2-16,18,25-27,29H,17H2,1H3,(H,31,34)/t25?,26?,29-/m0/s1. The zero-order valence-corrected chi connectivity index (χ0v) is 22.7. The molecule has 2 aliphatic rings. The zero-order chi connectivity index (χ0) is 27.4. The van der Waals surface area contributed by atoms with Crippen LogP contribution in [0.3, 0.4) is 0 Å². The molecule has 198 valence electrons.